The van der Waals surface area contributed by atoms with E-state index >= 15 is 0 Å². The minimum atomic E-state index is -0.447. The SMILES string of the molecule is Cc1cc(Br)c(NC(=O)[C@@H]2CNC[C@H]2C)cc1[N+](=O)[O-]. The summed E-state index contributed by atoms with van der Waals surface area (Å²) in [5.74, 6) is 0.0396. The van der Waals surface area contributed by atoms with Gasteiger partial charge in [-0.3, -0.25) is 14.9 Å². The number of hydrogen-bond acceptors (Lipinski definition) is 4. The number of anilines is 1. The molecule has 0 saturated carbocycles. The van der Waals surface area contributed by atoms with Gasteiger partial charge in [0.2, 0.25) is 5.91 Å². The van der Waals surface area contributed by atoms with Gasteiger partial charge in [0.25, 0.3) is 5.69 Å². The number of carbonyl (C=O) groups is 1. The Morgan fingerprint density at radius 3 is 2.75 bits per heavy atom. The van der Waals surface area contributed by atoms with E-state index in [1.807, 2.05) is 6.92 Å². The van der Waals surface area contributed by atoms with Gasteiger partial charge < -0.3 is 10.6 Å². The number of nitro benzene ring substituents is 1. The molecular weight excluding hydrogens is 326 g/mol. The molecule has 0 radical (unpaired) electrons. The maximum atomic E-state index is 12.2. The van der Waals surface area contributed by atoms with Crippen LogP contribution in [-0.4, -0.2) is 23.9 Å². The first-order valence-corrected chi connectivity index (χ1v) is 7.15. The van der Waals surface area contributed by atoms with Gasteiger partial charge >= 0.3 is 0 Å². The molecule has 0 bridgehead atoms. The fourth-order valence-corrected chi connectivity index (χ4v) is 2.90. The van der Waals surface area contributed by atoms with E-state index in [0.717, 1.165) is 6.54 Å². The highest BCUT2D eigenvalue weighted by Gasteiger charge is 2.30. The molecule has 1 fully saturated rings. The Bertz CT molecular complexity index is 562. The van der Waals surface area contributed by atoms with Crippen molar-refractivity contribution in [3.63, 3.8) is 0 Å². The van der Waals surface area contributed by atoms with Crippen LogP contribution in [0.3, 0.4) is 0 Å². The third kappa shape index (κ3) is 2.99. The Balaban J connectivity index is 2.22. The zero-order valence-electron chi connectivity index (χ0n) is 11.3. The zero-order chi connectivity index (χ0) is 14.9. The molecule has 1 aromatic rings. The second kappa shape index (κ2) is 5.88. The van der Waals surface area contributed by atoms with Crippen molar-refractivity contribution in [1.82, 2.24) is 5.32 Å². The Hall–Kier alpha value is -1.47. The highest BCUT2D eigenvalue weighted by Crippen LogP contribution is 2.31. The topological polar surface area (TPSA) is 84.3 Å². The molecule has 0 aromatic heterocycles. The number of hydrogen-bond donors (Lipinski definition) is 2. The molecule has 1 aromatic carbocycles. The maximum absolute atomic E-state index is 12.2. The lowest BCUT2D eigenvalue weighted by Crippen LogP contribution is -2.28. The van der Waals surface area contributed by atoms with Gasteiger partial charge in [0.1, 0.15) is 0 Å². The fourth-order valence-electron chi connectivity index (χ4n) is 2.34. The third-order valence-corrected chi connectivity index (χ3v) is 4.25. The van der Waals surface area contributed by atoms with E-state index < -0.39 is 4.92 Å². The lowest BCUT2D eigenvalue weighted by atomic mass is 9.97. The predicted molar refractivity (Wildman–Crippen MR) is 79.7 cm³/mol. The maximum Gasteiger partial charge on any atom is 0.274 e. The first-order valence-electron chi connectivity index (χ1n) is 6.36. The second-order valence-corrected chi connectivity index (χ2v) is 5.96. The monoisotopic (exact) mass is 341 g/mol. The Morgan fingerprint density at radius 1 is 1.50 bits per heavy atom. The van der Waals surface area contributed by atoms with Gasteiger partial charge in [-0.05, 0) is 41.4 Å². The van der Waals surface area contributed by atoms with Gasteiger partial charge in [0.05, 0.1) is 16.5 Å². The predicted octanol–water partition coefficient (Wildman–Crippen LogP) is 2.46. The van der Waals surface area contributed by atoms with E-state index in [1.165, 1.54) is 6.07 Å². The van der Waals surface area contributed by atoms with Crippen LogP contribution in [0.4, 0.5) is 11.4 Å². The van der Waals surface area contributed by atoms with Crippen molar-refractivity contribution in [2.24, 2.45) is 11.8 Å². The molecule has 0 unspecified atom stereocenters. The molecule has 6 nitrogen and oxygen atoms in total. The molecule has 20 heavy (non-hydrogen) atoms. The van der Waals surface area contributed by atoms with Crippen LogP contribution in [-0.2, 0) is 4.79 Å². The summed E-state index contributed by atoms with van der Waals surface area (Å²) in [5.41, 5.74) is 0.989. The summed E-state index contributed by atoms with van der Waals surface area (Å²) in [6.45, 7) is 5.13. The molecule has 0 aliphatic carbocycles. The van der Waals surface area contributed by atoms with E-state index in [9.17, 15) is 14.9 Å². The van der Waals surface area contributed by atoms with Crippen LogP contribution in [0.1, 0.15) is 12.5 Å². The summed E-state index contributed by atoms with van der Waals surface area (Å²) in [7, 11) is 0. The average Bonchev–Trinajstić information content (AvgIpc) is 2.78. The molecule has 2 atom stereocenters. The number of rotatable bonds is 3. The lowest BCUT2D eigenvalue weighted by Gasteiger charge is -2.15. The molecule has 1 aliphatic rings. The van der Waals surface area contributed by atoms with Crippen molar-refractivity contribution in [1.29, 1.82) is 0 Å². The van der Waals surface area contributed by atoms with Crippen LogP contribution in [0.5, 0.6) is 0 Å². The van der Waals surface area contributed by atoms with E-state index in [1.54, 1.807) is 13.0 Å². The average molecular weight is 342 g/mol. The minimum Gasteiger partial charge on any atom is -0.325 e. The summed E-state index contributed by atoms with van der Waals surface area (Å²) in [4.78, 5) is 22.7. The van der Waals surface area contributed by atoms with E-state index in [-0.39, 0.29) is 23.4 Å². The number of nitro groups is 1. The molecule has 0 spiro atoms. The number of aryl methyl sites for hydroxylation is 1. The van der Waals surface area contributed by atoms with Gasteiger partial charge in [0, 0.05) is 22.6 Å². The summed E-state index contributed by atoms with van der Waals surface area (Å²) >= 11 is 3.33. The van der Waals surface area contributed by atoms with Crippen LogP contribution in [0.2, 0.25) is 0 Å². The largest absolute Gasteiger partial charge is 0.325 e. The Morgan fingerprint density at radius 2 is 2.20 bits per heavy atom. The minimum absolute atomic E-state index is 0.00101. The normalized spacial score (nSPS) is 21.8. The van der Waals surface area contributed by atoms with E-state index in [2.05, 4.69) is 26.6 Å². The lowest BCUT2D eigenvalue weighted by molar-refractivity contribution is -0.385. The number of benzene rings is 1. The molecular formula is C13H16BrN3O3. The summed E-state index contributed by atoms with van der Waals surface area (Å²) in [6.07, 6.45) is 0. The fraction of sp³-hybridized carbons (Fsp3) is 0.462. The summed E-state index contributed by atoms with van der Waals surface area (Å²) < 4.78 is 0.646. The first-order chi connectivity index (χ1) is 9.40. The van der Waals surface area contributed by atoms with Crippen LogP contribution in [0, 0.1) is 28.9 Å². The van der Waals surface area contributed by atoms with Crippen molar-refractivity contribution < 1.29 is 9.72 Å². The van der Waals surface area contributed by atoms with Crippen LogP contribution >= 0.6 is 15.9 Å². The molecule has 2 N–H and O–H groups in total. The number of amides is 1. The van der Waals surface area contributed by atoms with Crippen LogP contribution in [0.25, 0.3) is 0 Å². The molecule has 1 amide bonds. The van der Waals surface area contributed by atoms with Gasteiger partial charge in [-0.15, -0.1) is 0 Å². The van der Waals surface area contributed by atoms with Crippen molar-refractivity contribution >= 4 is 33.2 Å². The van der Waals surface area contributed by atoms with Crippen LogP contribution in [0.15, 0.2) is 16.6 Å². The summed E-state index contributed by atoms with van der Waals surface area (Å²) in [6, 6.07) is 3.04. The Labute approximate surface area is 125 Å². The quantitative estimate of drug-likeness (QED) is 0.653. The number of halogens is 1. The first kappa shape index (κ1) is 14.9. The van der Waals surface area contributed by atoms with Crippen molar-refractivity contribution in [3.05, 3.63) is 32.3 Å². The smallest absolute Gasteiger partial charge is 0.274 e. The number of nitrogens with one attached hydrogen (secondary N) is 2. The van der Waals surface area contributed by atoms with Crippen molar-refractivity contribution in [3.8, 4) is 0 Å². The van der Waals surface area contributed by atoms with Crippen LogP contribution < -0.4 is 10.6 Å². The van der Waals surface area contributed by atoms with Gasteiger partial charge in [-0.2, -0.15) is 0 Å². The zero-order valence-corrected chi connectivity index (χ0v) is 12.9. The molecule has 1 heterocycles. The highest BCUT2D eigenvalue weighted by atomic mass is 79.9. The van der Waals surface area contributed by atoms with E-state index in [0.29, 0.717) is 22.3 Å². The van der Waals surface area contributed by atoms with Gasteiger partial charge in [-0.25, -0.2) is 0 Å². The molecule has 108 valence electrons. The number of nitrogens with zero attached hydrogens (tertiary/aromatic N) is 1. The van der Waals surface area contributed by atoms with Gasteiger partial charge in [0.15, 0.2) is 0 Å². The summed E-state index contributed by atoms with van der Waals surface area (Å²) in [5, 5.41) is 16.9. The number of carbonyl (C=O) groups excluding carboxylic acids is 1. The van der Waals surface area contributed by atoms with Gasteiger partial charge in [-0.1, -0.05) is 6.92 Å². The molecule has 2 rings (SSSR count). The van der Waals surface area contributed by atoms with Crippen molar-refractivity contribution in [2.45, 2.75) is 13.8 Å². The third-order valence-electron chi connectivity index (χ3n) is 3.59. The Kier molecular flexibility index (Phi) is 4.39. The van der Waals surface area contributed by atoms with Crippen molar-refractivity contribution in [2.75, 3.05) is 18.4 Å². The second-order valence-electron chi connectivity index (χ2n) is 5.11. The molecule has 1 aliphatic heterocycles. The molecule has 1 saturated heterocycles. The molecule has 7 heteroatoms. The highest BCUT2D eigenvalue weighted by molar-refractivity contribution is 9.10. The standard InChI is InChI=1S/C13H16BrN3O3/c1-7-3-10(14)11(4-12(7)17(19)20)16-13(18)9-6-15-5-8(9)2/h3-4,8-9,15H,5-6H2,1-2H3,(H,16,18)/t8-,9-/m1/s1. The van der Waals surface area contributed by atoms with E-state index in [4.69, 9.17) is 0 Å².